The zero-order valence-electron chi connectivity index (χ0n) is 10.1. The molecule has 4 heteroatoms. The number of nitrogens with zero attached hydrogens (tertiary/aromatic N) is 3. The molecule has 1 aromatic heterocycles. The van der Waals surface area contributed by atoms with Crippen molar-refractivity contribution in [1.82, 2.24) is 4.98 Å². The zero-order chi connectivity index (χ0) is 12.3. The molecule has 1 aliphatic carbocycles. The second-order valence-corrected chi connectivity index (χ2v) is 4.54. The summed E-state index contributed by atoms with van der Waals surface area (Å²) in [6.45, 7) is 2.72. The highest BCUT2D eigenvalue weighted by molar-refractivity contribution is 5.50. The first-order chi connectivity index (χ1) is 8.24. The average Bonchev–Trinajstić information content (AvgIpc) is 3.14. The van der Waals surface area contributed by atoms with E-state index in [-0.39, 0.29) is 6.04 Å². The maximum atomic E-state index is 8.72. The Morgan fingerprint density at radius 2 is 2.41 bits per heavy atom. The fourth-order valence-electron chi connectivity index (χ4n) is 2.02. The van der Waals surface area contributed by atoms with Gasteiger partial charge in [-0.25, -0.2) is 4.98 Å². The molecule has 1 fully saturated rings. The van der Waals surface area contributed by atoms with Crippen LogP contribution >= 0.6 is 0 Å². The summed E-state index contributed by atoms with van der Waals surface area (Å²) in [4.78, 5) is 6.69. The van der Waals surface area contributed by atoms with Gasteiger partial charge in [0.2, 0.25) is 0 Å². The lowest BCUT2D eigenvalue weighted by Crippen LogP contribution is -2.29. The van der Waals surface area contributed by atoms with Crippen molar-refractivity contribution >= 4 is 5.82 Å². The molecule has 0 aliphatic heterocycles. The van der Waals surface area contributed by atoms with E-state index in [4.69, 9.17) is 11.0 Å². The van der Waals surface area contributed by atoms with Crippen LogP contribution in [0.5, 0.6) is 0 Å². The van der Waals surface area contributed by atoms with Crippen molar-refractivity contribution in [3.05, 3.63) is 23.9 Å². The SMILES string of the molecule is C[C@H](N)c1cccnc1N(CCC#N)C1CC1. The van der Waals surface area contributed by atoms with Crippen molar-refractivity contribution in [2.75, 3.05) is 11.4 Å². The Bertz CT molecular complexity index is 418. The smallest absolute Gasteiger partial charge is 0.133 e. The largest absolute Gasteiger partial charge is 0.352 e. The van der Waals surface area contributed by atoms with Crippen LogP contribution < -0.4 is 10.6 Å². The minimum absolute atomic E-state index is 0.0259. The fourth-order valence-corrected chi connectivity index (χ4v) is 2.02. The Hall–Kier alpha value is -1.60. The lowest BCUT2D eigenvalue weighted by molar-refractivity contribution is 0.743. The lowest BCUT2D eigenvalue weighted by Gasteiger charge is -2.25. The van der Waals surface area contributed by atoms with E-state index >= 15 is 0 Å². The summed E-state index contributed by atoms with van der Waals surface area (Å²) in [7, 11) is 0. The monoisotopic (exact) mass is 230 g/mol. The Balaban J connectivity index is 2.25. The predicted molar refractivity (Wildman–Crippen MR) is 67.4 cm³/mol. The highest BCUT2D eigenvalue weighted by Crippen LogP contribution is 2.33. The van der Waals surface area contributed by atoms with Gasteiger partial charge in [0.05, 0.1) is 12.5 Å². The number of nitrogens with two attached hydrogens (primary N) is 1. The summed E-state index contributed by atoms with van der Waals surface area (Å²) in [5.74, 6) is 0.959. The van der Waals surface area contributed by atoms with Gasteiger partial charge in [-0.3, -0.25) is 0 Å². The van der Waals surface area contributed by atoms with Crippen LogP contribution in [0.15, 0.2) is 18.3 Å². The van der Waals surface area contributed by atoms with E-state index in [0.717, 1.165) is 17.9 Å². The van der Waals surface area contributed by atoms with Gasteiger partial charge in [0.1, 0.15) is 5.82 Å². The third-order valence-corrected chi connectivity index (χ3v) is 3.03. The van der Waals surface area contributed by atoms with Crippen LogP contribution in [0.1, 0.15) is 37.8 Å². The molecule has 1 aliphatic rings. The molecule has 0 bridgehead atoms. The van der Waals surface area contributed by atoms with Crippen molar-refractivity contribution in [3.8, 4) is 6.07 Å². The number of hydrogen-bond acceptors (Lipinski definition) is 4. The van der Waals surface area contributed by atoms with E-state index in [1.54, 1.807) is 6.20 Å². The van der Waals surface area contributed by atoms with Gasteiger partial charge in [-0.2, -0.15) is 5.26 Å². The molecular weight excluding hydrogens is 212 g/mol. The first kappa shape index (κ1) is 11.9. The minimum Gasteiger partial charge on any atom is -0.352 e. The van der Waals surface area contributed by atoms with Crippen molar-refractivity contribution in [2.45, 2.75) is 38.3 Å². The van der Waals surface area contributed by atoms with Gasteiger partial charge in [0.15, 0.2) is 0 Å². The predicted octanol–water partition coefficient (Wildman–Crippen LogP) is 1.98. The molecule has 17 heavy (non-hydrogen) atoms. The van der Waals surface area contributed by atoms with Gasteiger partial charge in [0, 0.05) is 30.4 Å². The molecule has 0 spiro atoms. The number of nitriles is 1. The molecule has 1 saturated carbocycles. The van der Waals surface area contributed by atoms with Crippen LogP contribution in [0.4, 0.5) is 5.82 Å². The average molecular weight is 230 g/mol. The number of hydrogen-bond donors (Lipinski definition) is 1. The topological polar surface area (TPSA) is 65.9 Å². The van der Waals surface area contributed by atoms with Crippen LogP contribution in [0.2, 0.25) is 0 Å². The molecule has 4 nitrogen and oxygen atoms in total. The second-order valence-electron chi connectivity index (χ2n) is 4.54. The molecule has 0 radical (unpaired) electrons. The molecule has 90 valence electrons. The Kier molecular flexibility index (Phi) is 3.60. The van der Waals surface area contributed by atoms with Gasteiger partial charge in [-0.15, -0.1) is 0 Å². The third-order valence-electron chi connectivity index (χ3n) is 3.03. The van der Waals surface area contributed by atoms with E-state index in [2.05, 4.69) is 16.0 Å². The van der Waals surface area contributed by atoms with Gasteiger partial charge < -0.3 is 10.6 Å². The van der Waals surface area contributed by atoms with Crippen molar-refractivity contribution in [2.24, 2.45) is 5.73 Å². The van der Waals surface area contributed by atoms with Gasteiger partial charge in [-0.1, -0.05) is 6.07 Å². The van der Waals surface area contributed by atoms with Crippen molar-refractivity contribution in [1.29, 1.82) is 5.26 Å². The highest BCUT2D eigenvalue weighted by atomic mass is 15.2. The third kappa shape index (κ3) is 2.75. The minimum atomic E-state index is -0.0259. The number of pyridine rings is 1. The number of anilines is 1. The summed E-state index contributed by atoms with van der Waals surface area (Å²) in [6, 6.07) is 6.66. The molecular formula is C13H18N4. The van der Waals surface area contributed by atoms with Gasteiger partial charge >= 0.3 is 0 Å². The number of rotatable bonds is 5. The fraction of sp³-hybridized carbons (Fsp3) is 0.538. The van der Waals surface area contributed by atoms with E-state index in [9.17, 15) is 0 Å². The van der Waals surface area contributed by atoms with Crippen LogP contribution in [-0.2, 0) is 0 Å². The summed E-state index contributed by atoms with van der Waals surface area (Å²) in [5, 5.41) is 8.72. The molecule has 1 aromatic rings. The normalized spacial score (nSPS) is 16.3. The van der Waals surface area contributed by atoms with Gasteiger partial charge in [0.25, 0.3) is 0 Å². The van der Waals surface area contributed by atoms with Crippen LogP contribution in [0.3, 0.4) is 0 Å². The van der Waals surface area contributed by atoms with E-state index in [0.29, 0.717) is 12.5 Å². The summed E-state index contributed by atoms with van der Waals surface area (Å²) >= 11 is 0. The standard InChI is InChI=1S/C13H18N4/c1-10(15)12-4-2-8-16-13(12)17(9-3-7-14)11-5-6-11/h2,4,8,10-11H,3,5-6,9,15H2,1H3/t10-/m0/s1. The van der Waals surface area contributed by atoms with E-state index in [1.165, 1.54) is 12.8 Å². The molecule has 1 atom stereocenters. The van der Waals surface area contributed by atoms with Crippen LogP contribution in [0, 0.1) is 11.3 Å². The molecule has 2 N–H and O–H groups in total. The summed E-state index contributed by atoms with van der Waals surface area (Å²) in [6.07, 6.45) is 4.72. The summed E-state index contributed by atoms with van der Waals surface area (Å²) in [5.41, 5.74) is 7.04. The Morgan fingerprint density at radius 1 is 1.65 bits per heavy atom. The number of aromatic nitrogens is 1. The zero-order valence-corrected chi connectivity index (χ0v) is 10.1. The second kappa shape index (κ2) is 5.15. The maximum absolute atomic E-state index is 8.72. The quantitative estimate of drug-likeness (QED) is 0.840. The first-order valence-corrected chi connectivity index (χ1v) is 6.08. The molecule has 2 rings (SSSR count). The van der Waals surface area contributed by atoms with Gasteiger partial charge in [-0.05, 0) is 25.8 Å². The van der Waals surface area contributed by atoms with Crippen LogP contribution in [-0.4, -0.2) is 17.6 Å². The van der Waals surface area contributed by atoms with Crippen molar-refractivity contribution in [3.63, 3.8) is 0 Å². The van der Waals surface area contributed by atoms with E-state index < -0.39 is 0 Å². The van der Waals surface area contributed by atoms with E-state index in [1.807, 2.05) is 19.1 Å². The Labute approximate surface area is 102 Å². The first-order valence-electron chi connectivity index (χ1n) is 6.08. The van der Waals surface area contributed by atoms with Crippen LogP contribution in [0.25, 0.3) is 0 Å². The van der Waals surface area contributed by atoms with Crippen molar-refractivity contribution < 1.29 is 0 Å². The maximum Gasteiger partial charge on any atom is 0.133 e. The highest BCUT2D eigenvalue weighted by Gasteiger charge is 2.31. The molecule has 1 heterocycles. The Morgan fingerprint density at radius 3 is 3.00 bits per heavy atom. The molecule has 0 unspecified atom stereocenters. The molecule has 0 saturated heterocycles. The molecule has 0 amide bonds. The molecule has 0 aromatic carbocycles. The summed E-state index contributed by atoms with van der Waals surface area (Å²) < 4.78 is 0. The lowest BCUT2D eigenvalue weighted by atomic mass is 10.1.